The summed E-state index contributed by atoms with van der Waals surface area (Å²) in [4.78, 5) is 33.7. The maximum absolute atomic E-state index is 12.8. The number of hydrogen-bond donors (Lipinski definition) is 2. The van der Waals surface area contributed by atoms with Gasteiger partial charge in [-0.05, 0) is 36.1 Å². The molecule has 0 aliphatic rings. The van der Waals surface area contributed by atoms with Crippen LogP contribution in [0.3, 0.4) is 0 Å². The molecule has 2 aromatic carbocycles. The summed E-state index contributed by atoms with van der Waals surface area (Å²) in [6, 6.07) is 8.78. The molecule has 0 aliphatic heterocycles. The highest BCUT2D eigenvalue weighted by Crippen LogP contribution is 2.29. The molecule has 1 amide bonds. The summed E-state index contributed by atoms with van der Waals surface area (Å²) in [5.74, 6) is -2.07. The number of benzene rings is 2. The van der Waals surface area contributed by atoms with Crippen molar-refractivity contribution in [3.8, 4) is 0 Å². The Morgan fingerprint density at radius 3 is 2.48 bits per heavy atom. The topological polar surface area (TPSA) is 145 Å². The maximum atomic E-state index is 12.8. The molecule has 0 atom stereocenters. The Morgan fingerprint density at radius 2 is 1.87 bits per heavy atom. The Morgan fingerprint density at radius 1 is 1.19 bits per heavy atom. The fourth-order valence-electron chi connectivity index (χ4n) is 2.27. The molecule has 2 rings (SSSR count). The molecule has 0 unspecified atom stereocenters. The summed E-state index contributed by atoms with van der Waals surface area (Å²) >= 11 is 1.09. The highest BCUT2D eigenvalue weighted by Gasteiger charge is 2.22. The molecule has 166 valence electrons. The molecule has 0 aliphatic carbocycles. The van der Waals surface area contributed by atoms with Crippen LogP contribution in [-0.2, 0) is 30.9 Å². The minimum absolute atomic E-state index is 0.0914. The average molecular weight is 471 g/mol. The third-order valence-corrected chi connectivity index (χ3v) is 6.01. The summed E-state index contributed by atoms with van der Waals surface area (Å²) in [6.07, 6.45) is 1.61. The van der Waals surface area contributed by atoms with Gasteiger partial charge in [0.2, 0.25) is 10.0 Å². The molecule has 0 bridgehead atoms. The Labute approximate surface area is 181 Å². The van der Waals surface area contributed by atoms with Crippen LogP contribution in [0.4, 0.5) is 10.1 Å². The van der Waals surface area contributed by atoms with Crippen LogP contribution in [0, 0.1) is 15.9 Å². The lowest BCUT2D eigenvalue weighted by atomic mass is 10.2. The largest absolute Gasteiger partial charge is 0.455 e. The monoisotopic (exact) mass is 471 g/mol. The number of thioether (sulfide) groups is 1. The molecule has 0 radical (unpaired) electrons. The number of nitrogens with one attached hydrogen (secondary N) is 2. The smallest absolute Gasteiger partial charge is 0.321 e. The molecule has 0 aromatic heterocycles. The molecule has 0 saturated carbocycles. The zero-order valence-corrected chi connectivity index (χ0v) is 17.8. The number of nitro groups is 1. The van der Waals surface area contributed by atoms with Gasteiger partial charge in [0.05, 0.1) is 14.7 Å². The van der Waals surface area contributed by atoms with Gasteiger partial charge < -0.3 is 10.1 Å². The van der Waals surface area contributed by atoms with E-state index in [1.54, 1.807) is 6.26 Å². The van der Waals surface area contributed by atoms with Crippen LogP contribution in [0.25, 0.3) is 0 Å². The summed E-state index contributed by atoms with van der Waals surface area (Å²) in [5.41, 5.74) is 0.256. The van der Waals surface area contributed by atoms with Crippen molar-refractivity contribution in [1.82, 2.24) is 10.0 Å². The van der Waals surface area contributed by atoms with Crippen molar-refractivity contribution in [2.45, 2.75) is 16.3 Å². The number of nitro benzene ring substituents is 1. The minimum Gasteiger partial charge on any atom is -0.455 e. The fraction of sp³-hybridized carbons (Fsp3) is 0.222. The highest BCUT2D eigenvalue weighted by molar-refractivity contribution is 7.98. The van der Waals surface area contributed by atoms with Crippen LogP contribution in [0.5, 0.6) is 0 Å². The molecule has 13 heteroatoms. The number of rotatable bonds is 10. The van der Waals surface area contributed by atoms with Crippen molar-refractivity contribution < 1.29 is 32.1 Å². The second-order valence-electron chi connectivity index (χ2n) is 5.98. The molecule has 0 spiro atoms. The number of carbonyl (C=O) groups is 2. The zero-order valence-electron chi connectivity index (χ0n) is 16.2. The lowest BCUT2D eigenvalue weighted by molar-refractivity contribution is -0.388. The van der Waals surface area contributed by atoms with Crippen LogP contribution >= 0.6 is 11.8 Å². The van der Waals surface area contributed by atoms with E-state index in [9.17, 15) is 32.5 Å². The van der Waals surface area contributed by atoms with Crippen LogP contribution in [0.15, 0.2) is 52.3 Å². The van der Waals surface area contributed by atoms with Crippen LogP contribution in [0.1, 0.15) is 5.56 Å². The van der Waals surface area contributed by atoms with E-state index in [-0.39, 0.29) is 22.0 Å². The van der Waals surface area contributed by atoms with Gasteiger partial charge in [0.1, 0.15) is 12.4 Å². The molecule has 2 aromatic rings. The summed E-state index contributed by atoms with van der Waals surface area (Å²) in [6.45, 7) is -1.32. The first kappa shape index (κ1) is 24.2. The van der Waals surface area contributed by atoms with Gasteiger partial charge in [-0.25, -0.2) is 12.8 Å². The fourth-order valence-corrected chi connectivity index (χ4v) is 3.80. The van der Waals surface area contributed by atoms with Crippen LogP contribution in [0.2, 0.25) is 0 Å². The lowest BCUT2D eigenvalue weighted by Gasteiger charge is -2.09. The third kappa shape index (κ3) is 7.31. The van der Waals surface area contributed by atoms with E-state index in [1.807, 2.05) is 4.72 Å². The van der Waals surface area contributed by atoms with Gasteiger partial charge in [-0.3, -0.25) is 19.7 Å². The third-order valence-electron chi connectivity index (χ3n) is 3.83. The normalized spacial score (nSPS) is 11.0. The molecule has 10 nitrogen and oxygen atoms in total. The van der Waals surface area contributed by atoms with E-state index in [2.05, 4.69) is 5.32 Å². The molecule has 0 heterocycles. The van der Waals surface area contributed by atoms with E-state index in [0.29, 0.717) is 5.56 Å². The van der Waals surface area contributed by atoms with Gasteiger partial charge >= 0.3 is 5.97 Å². The second-order valence-corrected chi connectivity index (χ2v) is 8.59. The SMILES string of the molecule is CSc1ccc(S(=O)(=O)NCC(=O)OCC(=O)NCc2ccc(F)cc2)cc1[N+](=O)[O-]. The van der Waals surface area contributed by atoms with Crippen molar-refractivity contribution in [3.63, 3.8) is 0 Å². The molecule has 2 N–H and O–H groups in total. The first-order valence-corrected chi connectivity index (χ1v) is 11.3. The molecular formula is C18H18FN3O7S2. The van der Waals surface area contributed by atoms with Gasteiger partial charge in [-0.1, -0.05) is 12.1 Å². The number of nitrogens with zero attached hydrogens (tertiary/aromatic N) is 1. The molecular weight excluding hydrogens is 453 g/mol. The van der Waals surface area contributed by atoms with E-state index in [1.165, 1.54) is 36.4 Å². The van der Waals surface area contributed by atoms with Crippen molar-refractivity contribution in [3.05, 3.63) is 64.0 Å². The predicted molar refractivity (Wildman–Crippen MR) is 109 cm³/mol. The van der Waals surface area contributed by atoms with Crippen molar-refractivity contribution in [2.75, 3.05) is 19.4 Å². The predicted octanol–water partition coefficient (Wildman–Crippen LogP) is 1.59. The quantitative estimate of drug-likeness (QED) is 0.230. The van der Waals surface area contributed by atoms with E-state index in [0.717, 1.165) is 17.8 Å². The Balaban J connectivity index is 1.84. The Hall–Kier alpha value is -3.03. The van der Waals surface area contributed by atoms with E-state index in [4.69, 9.17) is 4.74 Å². The maximum Gasteiger partial charge on any atom is 0.321 e. The Bertz CT molecular complexity index is 1080. The first-order chi connectivity index (χ1) is 14.6. The second kappa shape index (κ2) is 10.8. The number of ether oxygens (including phenoxy) is 1. The Kier molecular flexibility index (Phi) is 8.47. The lowest BCUT2D eigenvalue weighted by Crippen LogP contribution is -2.33. The molecule has 0 fully saturated rings. The number of hydrogen-bond acceptors (Lipinski definition) is 8. The zero-order chi connectivity index (χ0) is 23.0. The van der Waals surface area contributed by atoms with Crippen molar-refractivity contribution in [1.29, 1.82) is 0 Å². The standard InChI is InChI=1S/C18H18FN3O7S2/c1-30-16-7-6-14(8-15(16)22(25)26)31(27,28)21-10-18(24)29-11-17(23)20-9-12-2-4-13(19)5-3-12/h2-8,21H,9-11H2,1H3,(H,20,23). The minimum atomic E-state index is -4.22. The van der Waals surface area contributed by atoms with E-state index >= 15 is 0 Å². The van der Waals surface area contributed by atoms with E-state index < -0.39 is 45.8 Å². The van der Waals surface area contributed by atoms with Gasteiger partial charge in [0.15, 0.2) is 6.61 Å². The van der Waals surface area contributed by atoms with Crippen molar-refractivity contribution >= 4 is 39.3 Å². The summed E-state index contributed by atoms with van der Waals surface area (Å²) in [7, 11) is -4.22. The molecule has 0 saturated heterocycles. The van der Waals surface area contributed by atoms with Gasteiger partial charge in [0.25, 0.3) is 11.6 Å². The van der Waals surface area contributed by atoms with Crippen LogP contribution < -0.4 is 10.0 Å². The van der Waals surface area contributed by atoms with Gasteiger partial charge in [0, 0.05) is 12.6 Å². The summed E-state index contributed by atoms with van der Waals surface area (Å²) < 4.78 is 44.0. The number of amides is 1. The van der Waals surface area contributed by atoms with Crippen molar-refractivity contribution in [2.24, 2.45) is 0 Å². The van der Waals surface area contributed by atoms with Gasteiger partial charge in [-0.2, -0.15) is 4.72 Å². The molecule has 31 heavy (non-hydrogen) atoms. The highest BCUT2D eigenvalue weighted by atomic mass is 32.2. The first-order valence-electron chi connectivity index (χ1n) is 8.61. The number of halogens is 1. The number of sulfonamides is 1. The summed E-state index contributed by atoms with van der Waals surface area (Å²) in [5, 5.41) is 13.5. The average Bonchev–Trinajstić information content (AvgIpc) is 2.75. The van der Waals surface area contributed by atoms with Crippen LogP contribution in [-0.4, -0.2) is 44.6 Å². The van der Waals surface area contributed by atoms with Gasteiger partial charge in [-0.15, -0.1) is 11.8 Å². The number of esters is 1. The number of carbonyl (C=O) groups excluding carboxylic acids is 2.